The van der Waals surface area contributed by atoms with Crippen LogP contribution in [0.25, 0.3) is 0 Å². The van der Waals surface area contributed by atoms with Crippen molar-refractivity contribution in [2.24, 2.45) is 0 Å². The minimum Gasteiger partial charge on any atom is -0.489 e. The van der Waals surface area contributed by atoms with E-state index in [2.05, 4.69) is 74.0 Å². The smallest absolute Gasteiger partial charge is 0.122 e. The number of hydrogen-bond donors (Lipinski definition) is 0. The zero-order valence-electron chi connectivity index (χ0n) is 12.5. The Balaban J connectivity index is 2.04. The third-order valence-electron chi connectivity index (χ3n) is 3.35. The van der Waals surface area contributed by atoms with Crippen molar-refractivity contribution in [2.45, 2.75) is 39.7 Å². The number of benzene rings is 2. The van der Waals surface area contributed by atoms with Gasteiger partial charge in [-0.3, -0.25) is 0 Å². The number of hydrogen-bond acceptors (Lipinski definition) is 1. The molecule has 0 aliphatic rings. The normalized spacial score (nSPS) is 11.4. The first kappa shape index (κ1) is 15.1. The minimum atomic E-state index is 0.196. The summed E-state index contributed by atoms with van der Waals surface area (Å²) in [7, 11) is 0. The lowest BCUT2D eigenvalue weighted by atomic mass is 9.87. The summed E-state index contributed by atoms with van der Waals surface area (Å²) < 4.78 is 6.96. The summed E-state index contributed by atoms with van der Waals surface area (Å²) in [5, 5.41) is 0. The minimum absolute atomic E-state index is 0.196. The van der Waals surface area contributed by atoms with E-state index in [1.54, 1.807) is 0 Å². The van der Waals surface area contributed by atoms with Crippen LogP contribution in [0.5, 0.6) is 5.75 Å². The van der Waals surface area contributed by atoms with Crippen molar-refractivity contribution >= 4 is 15.9 Å². The molecule has 0 radical (unpaired) electrons. The van der Waals surface area contributed by atoms with E-state index in [-0.39, 0.29) is 5.41 Å². The van der Waals surface area contributed by atoms with E-state index in [1.165, 1.54) is 11.1 Å². The Hall–Kier alpha value is -1.28. The van der Waals surface area contributed by atoms with E-state index in [1.807, 2.05) is 12.1 Å². The fourth-order valence-corrected chi connectivity index (χ4v) is 2.51. The molecule has 0 unspecified atom stereocenters. The predicted molar refractivity (Wildman–Crippen MR) is 88.4 cm³/mol. The number of halogens is 1. The Bertz CT molecular complexity index is 579. The summed E-state index contributed by atoms with van der Waals surface area (Å²) in [5.41, 5.74) is 3.88. The first-order chi connectivity index (χ1) is 9.36. The molecule has 2 rings (SSSR count). The van der Waals surface area contributed by atoms with Gasteiger partial charge in [-0.2, -0.15) is 0 Å². The molecule has 2 aromatic carbocycles. The van der Waals surface area contributed by atoms with Gasteiger partial charge in [-0.25, -0.2) is 0 Å². The molecule has 2 aromatic rings. The maximum atomic E-state index is 5.88. The SMILES string of the molecule is Cc1cc(Br)ccc1OCc1ccc(C(C)(C)C)cc1. The molecule has 20 heavy (non-hydrogen) atoms. The molecule has 106 valence electrons. The first-order valence-electron chi connectivity index (χ1n) is 6.84. The number of ether oxygens (including phenoxy) is 1. The highest BCUT2D eigenvalue weighted by molar-refractivity contribution is 9.10. The maximum Gasteiger partial charge on any atom is 0.122 e. The van der Waals surface area contributed by atoms with Crippen molar-refractivity contribution in [1.29, 1.82) is 0 Å². The summed E-state index contributed by atoms with van der Waals surface area (Å²) in [6.07, 6.45) is 0. The number of rotatable bonds is 3. The molecule has 0 saturated heterocycles. The molecule has 0 aliphatic carbocycles. The van der Waals surface area contributed by atoms with Gasteiger partial charge in [0.1, 0.15) is 12.4 Å². The molecule has 0 fully saturated rings. The molecule has 0 heterocycles. The Kier molecular flexibility index (Phi) is 4.54. The van der Waals surface area contributed by atoms with Crippen LogP contribution in [0.4, 0.5) is 0 Å². The van der Waals surface area contributed by atoms with Crippen LogP contribution >= 0.6 is 15.9 Å². The second-order valence-electron chi connectivity index (χ2n) is 6.15. The molecule has 0 atom stereocenters. The summed E-state index contributed by atoms with van der Waals surface area (Å²) in [6.45, 7) is 9.34. The van der Waals surface area contributed by atoms with Crippen LogP contribution in [-0.4, -0.2) is 0 Å². The fourth-order valence-electron chi connectivity index (χ4n) is 2.04. The lowest BCUT2D eigenvalue weighted by molar-refractivity contribution is 0.304. The van der Waals surface area contributed by atoms with Gasteiger partial charge in [-0.05, 0) is 47.2 Å². The van der Waals surface area contributed by atoms with E-state index >= 15 is 0 Å². The molecule has 1 nitrogen and oxygen atoms in total. The van der Waals surface area contributed by atoms with Gasteiger partial charge in [-0.15, -0.1) is 0 Å². The van der Waals surface area contributed by atoms with Crippen LogP contribution in [-0.2, 0) is 12.0 Å². The molecule has 0 saturated carbocycles. The molecular formula is C18H21BrO. The van der Waals surface area contributed by atoms with Crippen LogP contribution in [0.1, 0.15) is 37.5 Å². The number of aryl methyl sites for hydroxylation is 1. The maximum absolute atomic E-state index is 5.88. The van der Waals surface area contributed by atoms with E-state index in [4.69, 9.17) is 4.74 Å². The Labute approximate surface area is 130 Å². The van der Waals surface area contributed by atoms with Gasteiger partial charge in [0.05, 0.1) is 0 Å². The van der Waals surface area contributed by atoms with Crippen molar-refractivity contribution in [2.75, 3.05) is 0 Å². The van der Waals surface area contributed by atoms with Crippen LogP contribution in [0, 0.1) is 6.92 Å². The summed E-state index contributed by atoms with van der Waals surface area (Å²) >= 11 is 3.46. The highest BCUT2D eigenvalue weighted by Crippen LogP contribution is 2.24. The van der Waals surface area contributed by atoms with Gasteiger partial charge < -0.3 is 4.74 Å². The fraction of sp³-hybridized carbons (Fsp3) is 0.333. The van der Waals surface area contributed by atoms with Crippen molar-refractivity contribution in [3.63, 3.8) is 0 Å². The third-order valence-corrected chi connectivity index (χ3v) is 3.84. The van der Waals surface area contributed by atoms with Crippen LogP contribution < -0.4 is 4.74 Å². The van der Waals surface area contributed by atoms with Gasteiger partial charge in [0, 0.05) is 4.47 Å². The highest BCUT2D eigenvalue weighted by Gasteiger charge is 2.12. The Morgan fingerprint density at radius 3 is 2.20 bits per heavy atom. The van der Waals surface area contributed by atoms with Gasteiger partial charge in [0.25, 0.3) is 0 Å². The van der Waals surface area contributed by atoms with E-state index in [0.717, 1.165) is 15.8 Å². The topological polar surface area (TPSA) is 9.23 Å². The Morgan fingerprint density at radius 2 is 1.65 bits per heavy atom. The zero-order valence-corrected chi connectivity index (χ0v) is 14.1. The van der Waals surface area contributed by atoms with Gasteiger partial charge in [-0.1, -0.05) is 61.0 Å². The van der Waals surface area contributed by atoms with Crippen molar-refractivity contribution < 1.29 is 4.74 Å². The molecule has 0 spiro atoms. The molecule has 2 heteroatoms. The molecule has 0 N–H and O–H groups in total. The molecular weight excluding hydrogens is 312 g/mol. The third kappa shape index (κ3) is 3.86. The summed E-state index contributed by atoms with van der Waals surface area (Å²) in [4.78, 5) is 0. The van der Waals surface area contributed by atoms with Gasteiger partial charge >= 0.3 is 0 Å². The quantitative estimate of drug-likeness (QED) is 0.707. The van der Waals surface area contributed by atoms with Crippen LogP contribution in [0.15, 0.2) is 46.9 Å². The van der Waals surface area contributed by atoms with E-state index < -0.39 is 0 Å². The zero-order chi connectivity index (χ0) is 14.8. The van der Waals surface area contributed by atoms with Crippen LogP contribution in [0.3, 0.4) is 0 Å². The predicted octanol–water partition coefficient (Wildman–Crippen LogP) is 5.63. The highest BCUT2D eigenvalue weighted by atomic mass is 79.9. The molecule has 0 aromatic heterocycles. The van der Waals surface area contributed by atoms with Crippen molar-refractivity contribution in [3.05, 3.63) is 63.6 Å². The van der Waals surface area contributed by atoms with Crippen LogP contribution in [0.2, 0.25) is 0 Å². The van der Waals surface area contributed by atoms with E-state index in [0.29, 0.717) is 6.61 Å². The molecule has 0 aliphatic heterocycles. The van der Waals surface area contributed by atoms with Gasteiger partial charge in [0.2, 0.25) is 0 Å². The average Bonchev–Trinajstić information content (AvgIpc) is 2.37. The Morgan fingerprint density at radius 1 is 1.00 bits per heavy atom. The van der Waals surface area contributed by atoms with Crippen molar-refractivity contribution in [1.82, 2.24) is 0 Å². The van der Waals surface area contributed by atoms with Gasteiger partial charge in [0.15, 0.2) is 0 Å². The average molecular weight is 333 g/mol. The van der Waals surface area contributed by atoms with E-state index in [9.17, 15) is 0 Å². The van der Waals surface area contributed by atoms with Crippen molar-refractivity contribution in [3.8, 4) is 5.75 Å². The molecule has 0 bridgehead atoms. The second-order valence-corrected chi connectivity index (χ2v) is 7.06. The second kappa shape index (κ2) is 6.01. The standard InChI is InChI=1S/C18H21BrO/c1-13-11-16(19)9-10-17(13)20-12-14-5-7-15(8-6-14)18(2,3)4/h5-11H,12H2,1-4H3. The lowest BCUT2D eigenvalue weighted by Crippen LogP contribution is -2.10. The first-order valence-corrected chi connectivity index (χ1v) is 7.64. The lowest BCUT2D eigenvalue weighted by Gasteiger charge is -2.19. The summed E-state index contributed by atoms with van der Waals surface area (Å²) in [6, 6.07) is 14.7. The summed E-state index contributed by atoms with van der Waals surface area (Å²) in [5.74, 6) is 0.938. The molecule has 0 amide bonds. The monoisotopic (exact) mass is 332 g/mol. The largest absolute Gasteiger partial charge is 0.489 e.